The Morgan fingerprint density at radius 3 is 2.64 bits per heavy atom. The van der Waals surface area contributed by atoms with Crippen molar-refractivity contribution in [3.8, 4) is 0 Å². The number of anilines is 2. The van der Waals surface area contributed by atoms with Gasteiger partial charge in [-0.25, -0.2) is 4.98 Å². The first-order chi connectivity index (χ1) is 6.61. The third-order valence-corrected chi connectivity index (χ3v) is 2.73. The molecule has 1 N–H and O–H groups in total. The summed E-state index contributed by atoms with van der Waals surface area (Å²) in [5.74, 6) is 3.86. The van der Waals surface area contributed by atoms with Crippen LogP contribution in [0.4, 0.5) is 11.6 Å². The summed E-state index contributed by atoms with van der Waals surface area (Å²) < 4.78 is 2.16. The standard InChI is InChI=1S/C10H18N4/c1-7(2)8-12-10-9(14(8)4)11-5-6-13(10)3/h7,11H,5-6H2,1-4H3. The molecule has 0 fully saturated rings. The predicted octanol–water partition coefficient (Wildman–Crippen LogP) is 1.41. The second-order valence-electron chi connectivity index (χ2n) is 4.20. The van der Waals surface area contributed by atoms with Crippen LogP contribution in [0.3, 0.4) is 0 Å². The molecule has 2 heterocycles. The van der Waals surface area contributed by atoms with Crippen molar-refractivity contribution in [2.45, 2.75) is 19.8 Å². The lowest BCUT2D eigenvalue weighted by atomic mass is 10.2. The average Bonchev–Trinajstić information content (AvgIpc) is 2.46. The van der Waals surface area contributed by atoms with Crippen molar-refractivity contribution in [2.75, 3.05) is 30.4 Å². The van der Waals surface area contributed by atoms with E-state index < -0.39 is 0 Å². The van der Waals surface area contributed by atoms with E-state index in [4.69, 9.17) is 0 Å². The van der Waals surface area contributed by atoms with Gasteiger partial charge in [0.15, 0.2) is 11.6 Å². The molecule has 0 radical (unpaired) electrons. The Kier molecular flexibility index (Phi) is 2.13. The topological polar surface area (TPSA) is 33.1 Å². The molecule has 14 heavy (non-hydrogen) atoms. The van der Waals surface area contributed by atoms with Crippen LogP contribution >= 0.6 is 0 Å². The Balaban J connectivity index is 2.49. The van der Waals surface area contributed by atoms with Crippen molar-refractivity contribution < 1.29 is 0 Å². The highest BCUT2D eigenvalue weighted by molar-refractivity contribution is 5.65. The Morgan fingerprint density at radius 2 is 2.07 bits per heavy atom. The van der Waals surface area contributed by atoms with Crippen LogP contribution in [-0.4, -0.2) is 29.7 Å². The van der Waals surface area contributed by atoms with Crippen LogP contribution in [0, 0.1) is 0 Å². The van der Waals surface area contributed by atoms with Gasteiger partial charge < -0.3 is 14.8 Å². The molecule has 0 aromatic carbocycles. The number of nitrogens with zero attached hydrogens (tertiary/aromatic N) is 3. The summed E-state index contributed by atoms with van der Waals surface area (Å²) in [4.78, 5) is 6.86. The fourth-order valence-electron chi connectivity index (χ4n) is 1.93. The van der Waals surface area contributed by atoms with Gasteiger partial charge in [0.1, 0.15) is 5.82 Å². The quantitative estimate of drug-likeness (QED) is 0.733. The van der Waals surface area contributed by atoms with Crippen LogP contribution in [0.15, 0.2) is 0 Å². The SMILES string of the molecule is CC(C)c1nc2c(n1C)NCCN2C. The number of fused-ring (bicyclic) bond motifs is 1. The first-order valence-electron chi connectivity index (χ1n) is 5.13. The zero-order chi connectivity index (χ0) is 10.3. The summed E-state index contributed by atoms with van der Waals surface area (Å²) in [7, 11) is 4.17. The molecule has 0 spiro atoms. The van der Waals surface area contributed by atoms with Gasteiger partial charge in [-0.1, -0.05) is 13.8 Å². The molecule has 1 aliphatic rings. The molecule has 0 atom stereocenters. The van der Waals surface area contributed by atoms with E-state index in [2.05, 4.69) is 47.7 Å². The van der Waals surface area contributed by atoms with Crippen LogP contribution in [0.5, 0.6) is 0 Å². The summed E-state index contributed by atoms with van der Waals surface area (Å²) in [5, 5.41) is 3.40. The smallest absolute Gasteiger partial charge is 0.171 e. The maximum Gasteiger partial charge on any atom is 0.171 e. The normalized spacial score (nSPS) is 15.6. The van der Waals surface area contributed by atoms with E-state index >= 15 is 0 Å². The number of nitrogens with one attached hydrogen (secondary N) is 1. The molecule has 0 aliphatic carbocycles. The summed E-state index contributed by atoms with van der Waals surface area (Å²) in [6, 6.07) is 0. The summed E-state index contributed by atoms with van der Waals surface area (Å²) in [6.45, 7) is 6.38. The molecule has 0 amide bonds. The fraction of sp³-hybridized carbons (Fsp3) is 0.700. The number of aromatic nitrogens is 2. The van der Waals surface area contributed by atoms with Crippen molar-refractivity contribution in [1.29, 1.82) is 0 Å². The number of rotatable bonds is 1. The monoisotopic (exact) mass is 194 g/mol. The molecule has 0 saturated carbocycles. The Hall–Kier alpha value is -1.19. The van der Waals surface area contributed by atoms with Gasteiger partial charge in [0.25, 0.3) is 0 Å². The maximum absolute atomic E-state index is 4.66. The highest BCUT2D eigenvalue weighted by Crippen LogP contribution is 2.30. The van der Waals surface area contributed by atoms with E-state index in [9.17, 15) is 0 Å². The average molecular weight is 194 g/mol. The molecule has 2 rings (SSSR count). The molecular weight excluding hydrogens is 176 g/mol. The molecule has 1 aromatic rings. The summed E-state index contributed by atoms with van der Waals surface area (Å²) in [6.07, 6.45) is 0. The molecule has 0 bridgehead atoms. The lowest BCUT2D eigenvalue weighted by Gasteiger charge is -2.24. The summed E-state index contributed by atoms with van der Waals surface area (Å²) >= 11 is 0. The van der Waals surface area contributed by atoms with Crippen LogP contribution in [0.1, 0.15) is 25.6 Å². The van der Waals surface area contributed by atoms with Gasteiger partial charge in [-0.3, -0.25) is 0 Å². The number of hydrogen-bond acceptors (Lipinski definition) is 3. The lowest BCUT2D eigenvalue weighted by molar-refractivity contribution is 0.713. The largest absolute Gasteiger partial charge is 0.367 e. The molecular formula is C10H18N4. The minimum atomic E-state index is 0.473. The third kappa shape index (κ3) is 1.25. The van der Waals surface area contributed by atoms with Crippen molar-refractivity contribution >= 4 is 11.6 Å². The van der Waals surface area contributed by atoms with Crippen LogP contribution in [0.2, 0.25) is 0 Å². The van der Waals surface area contributed by atoms with Gasteiger partial charge >= 0.3 is 0 Å². The highest BCUT2D eigenvalue weighted by atomic mass is 15.3. The number of imidazole rings is 1. The van der Waals surface area contributed by atoms with Crippen LogP contribution < -0.4 is 10.2 Å². The molecule has 0 saturated heterocycles. The van der Waals surface area contributed by atoms with Crippen LogP contribution in [-0.2, 0) is 7.05 Å². The Labute approximate surface area is 84.9 Å². The van der Waals surface area contributed by atoms with E-state index in [0.29, 0.717) is 5.92 Å². The van der Waals surface area contributed by atoms with E-state index in [0.717, 1.165) is 30.5 Å². The first kappa shape index (κ1) is 9.37. The first-order valence-corrected chi connectivity index (χ1v) is 5.13. The van der Waals surface area contributed by atoms with E-state index in [1.807, 2.05) is 0 Å². The van der Waals surface area contributed by atoms with Gasteiger partial charge in [0.2, 0.25) is 0 Å². The second-order valence-corrected chi connectivity index (χ2v) is 4.20. The van der Waals surface area contributed by atoms with Gasteiger partial charge in [-0.15, -0.1) is 0 Å². The Bertz CT molecular complexity index is 340. The number of likely N-dealkylation sites (N-methyl/N-ethyl adjacent to an activating group) is 1. The van der Waals surface area contributed by atoms with Crippen molar-refractivity contribution in [2.24, 2.45) is 7.05 Å². The van der Waals surface area contributed by atoms with Gasteiger partial charge in [0.05, 0.1) is 0 Å². The molecule has 4 heteroatoms. The van der Waals surface area contributed by atoms with Crippen molar-refractivity contribution in [1.82, 2.24) is 9.55 Å². The molecule has 1 aromatic heterocycles. The van der Waals surface area contributed by atoms with Crippen molar-refractivity contribution in [3.05, 3.63) is 5.82 Å². The number of hydrogen-bond donors (Lipinski definition) is 1. The van der Waals surface area contributed by atoms with Gasteiger partial charge in [-0.05, 0) is 0 Å². The Morgan fingerprint density at radius 1 is 1.36 bits per heavy atom. The van der Waals surface area contributed by atoms with Gasteiger partial charge in [0, 0.05) is 33.1 Å². The fourth-order valence-corrected chi connectivity index (χ4v) is 1.93. The molecule has 1 aliphatic heterocycles. The molecule has 0 unspecified atom stereocenters. The van der Waals surface area contributed by atoms with E-state index in [1.165, 1.54) is 0 Å². The highest BCUT2D eigenvalue weighted by Gasteiger charge is 2.22. The maximum atomic E-state index is 4.66. The zero-order valence-electron chi connectivity index (χ0n) is 9.33. The van der Waals surface area contributed by atoms with Gasteiger partial charge in [-0.2, -0.15) is 0 Å². The van der Waals surface area contributed by atoms with E-state index in [-0.39, 0.29) is 0 Å². The molecule has 78 valence electrons. The van der Waals surface area contributed by atoms with Crippen molar-refractivity contribution in [3.63, 3.8) is 0 Å². The van der Waals surface area contributed by atoms with Crippen LogP contribution in [0.25, 0.3) is 0 Å². The van der Waals surface area contributed by atoms with E-state index in [1.54, 1.807) is 0 Å². The third-order valence-electron chi connectivity index (χ3n) is 2.73. The zero-order valence-corrected chi connectivity index (χ0v) is 9.33. The second kappa shape index (κ2) is 3.19. The minimum absolute atomic E-state index is 0.473. The lowest BCUT2D eigenvalue weighted by Crippen LogP contribution is -2.30. The summed E-state index contributed by atoms with van der Waals surface area (Å²) in [5.41, 5.74) is 0. The predicted molar refractivity (Wildman–Crippen MR) is 59.1 cm³/mol. The molecule has 4 nitrogen and oxygen atoms in total. The minimum Gasteiger partial charge on any atom is -0.367 e.